The molecule has 0 spiro atoms. The van der Waals surface area contributed by atoms with Crippen molar-refractivity contribution in [2.24, 2.45) is 0 Å². The van der Waals surface area contributed by atoms with Crippen LogP contribution in [0.4, 0.5) is 0 Å². The Hall–Kier alpha value is -1.28. The fourth-order valence-electron chi connectivity index (χ4n) is 1.73. The van der Waals surface area contributed by atoms with Gasteiger partial charge in [0.05, 0.1) is 18.5 Å². The summed E-state index contributed by atoms with van der Waals surface area (Å²) < 4.78 is 5.47. The van der Waals surface area contributed by atoms with Gasteiger partial charge < -0.3 is 9.84 Å². The second kappa shape index (κ2) is 4.99. The summed E-state index contributed by atoms with van der Waals surface area (Å²) in [5.74, 6) is 0.928. The highest BCUT2D eigenvalue weighted by atomic mass is 16.5. The maximum absolute atomic E-state index is 9.95. The van der Waals surface area contributed by atoms with Gasteiger partial charge >= 0.3 is 0 Å². The van der Waals surface area contributed by atoms with E-state index in [1.54, 1.807) is 0 Å². The van der Waals surface area contributed by atoms with Gasteiger partial charge in [-0.25, -0.2) is 0 Å². The maximum Gasteiger partial charge on any atom is 0.0949 e. The molecule has 1 aromatic carbocycles. The molecule has 1 aromatic rings. The van der Waals surface area contributed by atoms with Crippen molar-refractivity contribution in [2.75, 3.05) is 6.61 Å². The highest BCUT2D eigenvalue weighted by Crippen LogP contribution is 2.23. The standard InChI is InChI=1S/C13H16O2/c14-13(11-6-2-1-3-7-11)10-12-8-4-5-9-15-12/h1-3,6-8,13-14H,4-5,9-10H2/t13-/m1/s1. The van der Waals surface area contributed by atoms with Crippen molar-refractivity contribution >= 4 is 0 Å². The van der Waals surface area contributed by atoms with E-state index in [2.05, 4.69) is 6.08 Å². The Morgan fingerprint density at radius 1 is 1.27 bits per heavy atom. The molecule has 1 atom stereocenters. The molecule has 1 N–H and O–H groups in total. The molecule has 1 aliphatic heterocycles. The van der Waals surface area contributed by atoms with E-state index in [0.29, 0.717) is 6.42 Å². The summed E-state index contributed by atoms with van der Waals surface area (Å²) in [5, 5.41) is 9.95. The number of ether oxygens (including phenoxy) is 1. The van der Waals surface area contributed by atoms with Crippen LogP contribution < -0.4 is 0 Å². The van der Waals surface area contributed by atoms with Crippen LogP contribution in [0.25, 0.3) is 0 Å². The Morgan fingerprint density at radius 2 is 2.07 bits per heavy atom. The molecule has 0 amide bonds. The first-order valence-electron chi connectivity index (χ1n) is 5.41. The normalized spacial score (nSPS) is 17.8. The zero-order valence-corrected chi connectivity index (χ0v) is 8.73. The lowest BCUT2D eigenvalue weighted by Crippen LogP contribution is -2.06. The van der Waals surface area contributed by atoms with Gasteiger partial charge in [-0.2, -0.15) is 0 Å². The van der Waals surface area contributed by atoms with Gasteiger partial charge in [0, 0.05) is 6.42 Å². The molecule has 15 heavy (non-hydrogen) atoms. The summed E-state index contributed by atoms with van der Waals surface area (Å²) in [6.07, 6.45) is 4.37. The van der Waals surface area contributed by atoms with Crippen molar-refractivity contribution in [1.82, 2.24) is 0 Å². The summed E-state index contributed by atoms with van der Waals surface area (Å²) in [6, 6.07) is 9.71. The molecule has 80 valence electrons. The van der Waals surface area contributed by atoms with E-state index >= 15 is 0 Å². The number of hydrogen-bond acceptors (Lipinski definition) is 2. The number of aliphatic hydroxyl groups is 1. The molecule has 0 unspecified atom stereocenters. The second-order valence-corrected chi connectivity index (χ2v) is 3.79. The lowest BCUT2D eigenvalue weighted by Gasteiger charge is -2.18. The maximum atomic E-state index is 9.95. The van der Waals surface area contributed by atoms with Gasteiger partial charge in [-0.3, -0.25) is 0 Å². The third-order valence-electron chi connectivity index (χ3n) is 2.59. The molecule has 2 heteroatoms. The average molecular weight is 204 g/mol. The molecule has 0 radical (unpaired) electrons. The zero-order valence-electron chi connectivity index (χ0n) is 8.73. The molecule has 0 aromatic heterocycles. The topological polar surface area (TPSA) is 29.5 Å². The van der Waals surface area contributed by atoms with Gasteiger partial charge in [-0.15, -0.1) is 0 Å². The number of allylic oxidation sites excluding steroid dienone is 1. The predicted octanol–water partition coefficient (Wildman–Crippen LogP) is 2.80. The van der Waals surface area contributed by atoms with E-state index in [0.717, 1.165) is 30.8 Å². The summed E-state index contributed by atoms with van der Waals surface area (Å²) in [4.78, 5) is 0. The van der Waals surface area contributed by atoms with Crippen LogP contribution in [0.15, 0.2) is 42.2 Å². The molecular formula is C13H16O2. The van der Waals surface area contributed by atoms with Crippen molar-refractivity contribution in [1.29, 1.82) is 0 Å². The largest absolute Gasteiger partial charge is 0.498 e. The van der Waals surface area contributed by atoms with Gasteiger partial charge in [0.2, 0.25) is 0 Å². The molecule has 2 rings (SSSR count). The van der Waals surface area contributed by atoms with Crippen LogP contribution in [-0.2, 0) is 4.74 Å². The lowest BCUT2D eigenvalue weighted by molar-refractivity contribution is 0.123. The van der Waals surface area contributed by atoms with Gasteiger partial charge in [0.15, 0.2) is 0 Å². The third kappa shape index (κ3) is 2.83. The zero-order chi connectivity index (χ0) is 10.5. The fraction of sp³-hybridized carbons (Fsp3) is 0.385. The van der Waals surface area contributed by atoms with Crippen LogP contribution in [0.2, 0.25) is 0 Å². The highest BCUT2D eigenvalue weighted by Gasteiger charge is 2.12. The Bertz CT molecular complexity index is 330. The van der Waals surface area contributed by atoms with Gasteiger partial charge in [0.1, 0.15) is 0 Å². The van der Waals surface area contributed by atoms with Gasteiger partial charge in [0.25, 0.3) is 0 Å². The smallest absolute Gasteiger partial charge is 0.0949 e. The summed E-state index contributed by atoms with van der Waals surface area (Å²) in [6.45, 7) is 0.785. The Kier molecular flexibility index (Phi) is 3.41. The quantitative estimate of drug-likeness (QED) is 0.820. The minimum atomic E-state index is -0.449. The van der Waals surface area contributed by atoms with Crippen LogP contribution in [0, 0.1) is 0 Å². The SMILES string of the molecule is O[C@H](CC1=CCCCO1)c1ccccc1. The van der Waals surface area contributed by atoms with Crippen molar-refractivity contribution in [3.05, 3.63) is 47.7 Å². The van der Waals surface area contributed by atoms with E-state index in [1.807, 2.05) is 30.3 Å². The van der Waals surface area contributed by atoms with Crippen molar-refractivity contribution in [2.45, 2.75) is 25.4 Å². The lowest BCUT2D eigenvalue weighted by atomic mass is 10.0. The number of aliphatic hydroxyl groups excluding tert-OH is 1. The van der Waals surface area contributed by atoms with Crippen LogP contribution in [0.3, 0.4) is 0 Å². The summed E-state index contributed by atoms with van der Waals surface area (Å²) in [7, 11) is 0. The number of rotatable bonds is 3. The third-order valence-corrected chi connectivity index (χ3v) is 2.59. The monoisotopic (exact) mass is 204 g/mol. The van der Waals surface area contributed by atoms with Crippen LogP contribution >= 0.6 is 0 Å². The predicted molar refractivity (Wildman–Crippen MR) is 59.3 cm³/mol. The molecule has 0 fully saturated rings. The number of hydrogen-bond donors (Lipinski definition) is 1. The van der Waals surface area contributed by atoms with Gasteiger partial charge in [-0.1, -0.05) is 30.3 Å². The van der Waals surface area contributed by atoms with Gasteiger partial charge in [-0.05, 0) is 24.5 Å². The number of benzene rings is 1. The van der Waals surface area contributed by atoms with Crippen LogP contribution in [0.5, 0.6) is 0 Å². The van der Waals surface area contributed by atoms with Crippen LogP contribution in [-0.4, -0.2) is 11.7 Å². The van der Waals surface area contributed by atoms with Crippen molar-refractivity contribution in [3.8, 4) is 0 Å². The molecule has 0 saturated carbocycles. The highest BCUT2D eigenvalue weighted by molar-refractivity contribution is 5.18. The average Bonchev–Trinajstić information content (AvgIpc) is 2.31. The molecule has 0 bridgehead atoms. The van der Waals surface area contributed by atoms with Crippen molar-refractivity contribution in [3.63, 3.8) is 0 Å². The first kappa shape index (κ1) is 10.2. The van der Waals surface area contributed by atoms with E-state index in [1.165, 1.54) is 0 Å². The Balaban J connectivity index is 1.97. The van der Waals surface area contributed by atoms with Crippen molar-refractivity contribution < 1.29 is 9.84 Å². The second-order valence-electron chi connectivity index (χ2n) is 3.79. The fourth-order valence-corrected chi connectivity index (χ4v) is 1.73. The minimum Gasteiger partial charge on any atom is -0.498 e. The molecule has 1 aliphatic rings. The summed E-state index contributed by atoms with van der Waals surface area (Å²) >= 11 is 0. The van der Waals surface area contributed by atoms with E-state index in [9.17, 15) is 5.11 Å². The molecular weight excluding hydrogens is 188 g/mol. The minimum absolute atomic E-state index is 0.449. The Labute approximate surface area is 90.2 Å². The van der Waals surface area contributed by atoms with E-state index in [4.69, 9.17) is 4.74 Å². The Morgan fingerprint density at radius 3 is 2.73 bits per heavy atom. The van der Waals surface area contributed by atoms with E-state index < -0.39 is 6.10 Å². The first-order chi connectivity index (χ1) is 7.36. The molecule has 1 heterocycles. The molecule has 0 saturated heterocycles. The molecule has 0 aliphatic carbocycles. The summed E-state index contributed by atoms with van der Waals surface area (Å²) in [5.41, 5.74) is 0.951. The molecule has 2 nitrogen and oxygen atoms in total. The first-order valence-corrected chi connectivity index (χ1v) is 5.41. The van der Waals surface area contributed by atoms with E-state index in [-0.39, 0.29) is 0 Å². The van der Waals surface area contributed by atoms with Crippen LogP contribution in [0.1, 0.15) is 30.9 Å².